The summed E-state index contributed by atoms with van der Waals surface area (Å²) < 4.78 is 0. The Morgan fingerprint density at radius 3 is 2.72 bits per heavy atom. The van der Waals surface area contributed by atoms with Crippen molar-refractivity contribution in [1.82, 2.24) is 4.98 Å². The smallest absolute Gasteiger partial charge is 0.256 e. The number of fused-ring (bicyclic) bond motifs is 1. The van der Waals surface area contributed by atoms with Crippen LogP contribution in [-0.2, 0) is 12.8 Å². The summed E-state index contributed by atoms with van der Waals surface area (Å²) in [7, 11) is 0. The number of anilines is 2. The van der Waals surface area contributed by atoms with E-state index in [0.717, 1.165) is 29.2 Å². The van der Waals surface area contributed by atoms with Gasteiger partial charge in [0.05, 0.1) is 6.04 Å². The van der Waals surface area contributed by atoms with E-state index >= 15 is 0 Å². The maximum absolute atomic E-state index is 13.1. The highest BCUT2D eigenvalue weighted by atomic mass is 32.1. The first-order valence-corrected chi connectivity index (χ1v) is 12.7. The zero-order valence-corrected chi connectivity index (χ0v) is 19.6. The minimum Gasteiger partial charge on any atom is -0.359 e. The number of carbonyl (C=O) groups is 1. The van der Waals surface area contributed by atoms with Crippen LogP contribution in [0.4, 0.5) is 10.8 Å². The molecule has 1 aliphatic carbocycles. The van der Waals surface area contributed by atoms with Crippen LogP contribution in [0.5, 0.6) is 0 Å². The summed E-state index contributed by atoms with van der Waals surface area (Å²) >= 11 is 3.42. The molecular formula is C26H25N3OS2. The molecule has 0 spiro atoms. The molecule has 4 nitrogen and oxygen atoms in total. The van der Waals surface area contributed by atoms with Crippen LogP contribution in [0.2, 0.25) is 0 Å². The molecule has 0 saturated heterocycles. The molecule has 1 amide bonds. The van der Waals surface area contributed by atoms with Crippen molar-refractivity contribution in [3.8, 4) is 0 Å². The largest absolute Gasteiger partial charge is 0.359 e. The van der Waals surface area contributed by atoms with Gasteiger partial charge >= 0.3 is 0 Å². The molecule has 6 heteroatoms. The number of nitrogens with zero attached hydrogens (tertiary/aromatic N) is 1. The van der Waals surface area contributed by atoms with Crippen LogP contribution in [0.25, 0.3) is 0 Å². The molecular weight excluding hydrogens is 434 g/mol. The Bertz CT molecular complexity index is 1220. The molecule has 0 aliphatic heterocycles. The normalized spacial score (nSPS) is 13.9. The van der Waals surface area contributed by atoms with Gasteiger partial charge in [0.1, 0.15) is 10.8 Å². The van der Waals surface area contributed by atoms with E-state index in [9.17, 15) is 4.79 Å². The molecule has 32 heavy (non-hydrogen) atoms. The summed E-state index contributed by atoms with van der Waals surface area (Å²) in [5.41, 5.74) is 5.61. The fraction of sp³-hybridized carbons (Fsp3) is 0.231. The van der Waals surface area contributed by atoms with Gasteiger partial charge in [-0.1, -0.05) is 18.2 Å². The first kappa shape index (κ1) is 20.9. The number of nitrogens with one attached hydrogen (secondary N) is 2. The third kappa shape index (κ3) is 4.33. The topological polar surface area (TPSA) is 54.0 Å². The Morgan fingerprint density at radius 1 is 1.09 bits per heavy atom. The summed E-state index contributed by atoms with van der Waals surface area (Å²) in [5, 5.41) is 12.2. The van der Waals surface area contributed by atoms with Crippen LogP contribution in [0.3, 0.4) is 0 Å². The van der Waals surface area contributed by atoms with Gasteiger partial charge in [-0.2, -0.15) is 11.3 Å². The molecule has 1 atom stereocenters. The van der Waals surface area contributed by atoms with Crippen LogP contribution >= 0.6 is 22.7 Å². The lowest BCUT2D eigenvalue weighted by Gasteiger charge is -2.23. The molecule has 1 aromatic carbocycles. The SMILES string of the molecule is Cc1ccnc(NC(c2ccsc2)c2c(NC(=O)c3ccccc3)sc3c2CCCC3)c1. The standard InChI is InChI=1S/C26H25N3OS2/c1-17-11-13-27-22(15-17)28-24(19-12-14-31-16-19)23-20-9-5-6-10-21(20)32-26(23)29-25(30)18-7-3-2-4-8-18/h2-4,7-8,11-16,24H,5-6,9-10H2,1H3,(H,27,28)(H,29,30). The number of hydrogen-bond donors (Lipinski definition) is 2. The number of amides is 1. The third-order valence-electron chi connectivity index (χ3n) is 5.85. The lowest BCUT2D eigenvalue weighted by molar-refractivity contribution is 0.102. The van der Waals surface area contributed by atoms with Gasteiger partial charge in [0.2, 0.25) is 0 Å². The number of rotatable bonds is 6. The molecule has 162 valence electrons. The maximum atomic E-state index is 13.1. The molecule has 4 aromatic rings. The quantitative estimate of drug-likeness (QED) is 0.332. The van der Waals surface area contributed by atoms with Gasteiger partial charge < -0.3 is 10.6 Å². The Morgan fingerprint density at radius 2 is 1.94 bits per heavy atom. The highest BCUT2D eigenvalue weighted by Gasteiger charge is 2.29. The second kappa shape index (κ2) is 9.27. The Hall–Kier alpha value is -2.96. The Labute approximate surface area is 196 Å². The summed E-state index contributed by atoms with van der Waals surface area (Å²) in [6.45, 7) is 2.07. The van der Waals surface area contributed by atoms with Crippen LogP contribution in [-0.4, -0.2) is 10.9 Å². The summed E-state index contributed by atoms with van der Waals surface area (Å²) in [6, 6.07) is 15.6. The molecule has 0 fully saturated rings. The highest BCUT2D eigenvalue weighted by Crippen LogP contribution is 2.44. The van der Waals surface area contributed by atoms with E-state index in [-0.39, 0.29) is 11.9 Å². The molecule has 1 aliphatic rings. The van der Waals surface area contributed by atoms with E-state index in [2.05, 4.69) is 45.4 Å². The van der Waals surface area contributed by atoms with Crippen molar-refractivity contribution in [3.05, 3.63) is 98.2 Å². The predicted molar refractivity (Wildman–Crippen MR) is 134 cm³/mol. The van der Waals surface area contributed by atoms with Crippen molar-refractivity contribution in [2.45, 2.75) is 38.6 Å². The lowest BCUT2D eigenvalue weighted by Crippen LogP contribution is -2.18. The molecule has 3 aromatic heterocycles. The number of carbonyl (C=O) groups excluding carboxylic acids is 1. The first-order chi connectivity index (χ1) is 15.7. The molecule has 0 bridgehead atoms. The minimum absolute atomic E-state index is 0.0665. The lowest BCUT2D eigenvalue weighted by atomic mass is 9.90. The molecule has 0 saturated carbocycles. The van der Waals surface area contributed by atoms with Crippen LogP contribution in [0.15, 0.2) is 65.5 Å². The summed E-state index contributed by atoms with van der Waals surface area (Å²) in [5.74, 6) is 0.778. The monoisotopic (exact) mass is 459 g/mol. The average molecular weight is 460 g/mol. The number of benzene rings is 1. The zero-order chi connectivity index (χ0) is 21.9. The van der Waals surface area contributed by atoms with Crippen molar-refractivity contribution in [1.29, 1.82) is 0 Å². The van der Waals surface area contributed by atoms with E-state index in [1.807, 2.05) is 42.6 Å². The van der Waals surface area contributed by atoms with Crippen molar-refractivity contribution in [2.24, 2.45) is 0 Å². The minimum atomic E-state index is -0.0697. The summed E-state index contributed by atoms with van der Waals surface area (Å²) in [6.07, 6.45) is 6.35. The fourth-order valence-electron chi connectivity index (χ4n) is 4.28. The van der Waals surface area contributed by atoms with Gasteiger partial charge in [-0.3, -0.25) is 4.79 Å². The number of hydrogen-bond acceptors (Lipinski definition) is 5. The van der Waals surface area contributed by atoms with E-state index in [1.54, 1.807) is 22.7 Å². The molecule has 3 heterocycles. The van der Waals surface area contributed by atoms with Crippen LogP contribution in [0, 0.1) is 6.92 Å². The van der Waals surface area contributed by atoms with Gasteiger partial charge in [-0.15, -0.1) is 11.3 Å². The average Bonchev–Trinajstić information content (AvgIpc) is 3.46. The van der Waals surface area contributed by atoms with Crippen molar-refractivity contribution >= 4 is 39.4 Å². The second-order valence-electron chi connectivity index (χ2n) is 8.13. The molecule has 1 unspecified atom stereocenters. The second-order valence-corrected chi connectivity index (χ2v) is 10.0. The first-order valence-electron chi connectivity index (χ1n) is 10.9. The van der Waals surface area contributed by atoms with E-state index in [1.165, 1.54) is 34.4 Å². The predicted octanol–water partition coefficient (Wildman–Crippen LogP) is 6.85. The van der Waals surface area contributed by atoms with Crippen LogP contribution in [0.1, 0.15) is 56.4 Å². The Balaban J connectivity index is 1.58. The summed E-state index contributed by atoms with van der Waals surface area (Å²) in [4.78, 5) is 19.0. The zero-order valence-electron chi connectivity index (χ0n) is 17.9. The number of thiophene rings is 2. The van der Waals surface area contributed by atoms with Gasteiger partial charge in [0.25, 0.3) is 5.91 Å². The van der Waals surface area contributed by atoms with Gasteiger partial charge in [0.15, 0.2) is 0 Å². The molecule has 5 rings (SSSR count). The van der Waals surface area contributed by atoms with Gasteiger partial charge in [-0.05, 0) is 90.4 Å². The highest BCUT2D eigenvalue weighted by molar-refractivity contribution is 7.16. The van der Waals surface area contributed by atoms with Crippen molar-refractivity contribution in [3.63, 3.8) is 0 Å². The van der Waals surface area contributed by atoms with E-state index < -0.39 is 0 Å². The van der Waals surface area contributed by atoms with Crippen molar-refractivity contribution in [2.75, 3.05) is 10.6 Å². The number of aromatic nitrogens is 1. The van der Waals surface area contributed by atoms with Crippen LogP contribution < -0.4 is 10.6 Å². The molecule has 0 radical (unpaired) electrons. The van der Waals surface area contributed by atoms with Crippen molar-refractivity contribution < 1.29 is 4.79 Å². The third-order valence-corrected chi connectivity index (χ3v) is 7.77. The number of pyridine rings is 1. The van der Waals surface area contributed by atoms with E-state index in [4.69, 9.17) is 0 Å². The Kier molecular flexibility index (Phi) is 6.06. The van der Waals surface area contributed by atoms with Gasteiger partial charge in [-0.25, -0.2) is 4.98 Å². The maximum Gasteiger partial charge on any atom is 0.256 e. The fourth-order valence-corrected chi connectivity index (χ4v) is 6.29. The van der Waals surface area contributed by atoms with Gasteiger partial charge in [0, 0.05) is 22.2 Å². The number of aryl methyl sites for hydroxylation is 2. The molecule has 2 N–H and O–H groups in total. The van der Waals surface area contributed by atoms with E-state index in [0.29, 0.717) is 5.56 Å².